The first-order chi connectivity index (χ1) is 26.1. The molecule has 316 valence electrons. The number of fused-ring (bicyclic) bond motifs is 2. The molecule has 0 saturated carbocycles. The van der Waals surface area contributed by atoms with Gasteiger partial charge in [-0.2, -0.15) is 26.3 Å². The molecule has 21 heteroatoms. The highest BCUT2D eigenvalue weighted by Crippen LogP contribution is 2.49. The molecule has 2 aromatic heterocycles. The van der Waals surface area contributed by atoms with Crippen molar-refractivity contribution in [2.75, 3.05) is 26.5 Å². The monoisotopic (exact) mass is 905 g/mol. The topological polar surface area (TPSA) is 102 Å². The van der Waals surface area contributed by atoms with Gasteiger partial charge >= 0.3 is 18.0 Å². The zero-order valence-corrected chi connectivity index (χ0v) is 36.9. The average molecular weight is 906 g/mol. The van der Waals surface area contributed by atoms with E-state index in [9.17, 15) is 41.0 Å². The van der Waals surface area contributed by atoms with E-state index >= 15 is 0 Å². The summed E-state index contributed by atoms with van der Waals surface area (Å²) in [4.78, 5) is 25.5. The Hall–Kier alpha value is -2.85. The molecule has 4 aromatic rings. The molecule has 0 saturated heterocycles. The van der Waals surface area contributed by atoms with E-state index in [0.717, 1.165) is 51.8 Å². The third kappa shape index (κ3) is 11.9. The molecule has 2 atom stereocenters. The molecule has 0 radical (unpaired) electrons. The largest absolute Gasteiger partial charge is 0.493 e. The second-order valence-corrected chi connectivity index (χ2v) is 24.8. The van der Waals surface area contributed by atoms with Gasteiger partial charge in [0.25, 0.3) is 11.1 Å². The third-order valence-electron chi connectivity index (χ3n) is 8.91. The highest BCUT2D eigenvalue weighted by atomic mass is 35.7. The van der Waals surface area contributed by atoms with E-state index < -0.39 is 37.7 Å². The van der Waals surface area contributed by atoms with Gasteiger partial charge in [-0.15, -0.1) is 0 Å². The van der Waals surface area contributed by atoms with Crippen LogP contribution >= 0.6 is 12.1 Å². The van der Waals surface area contributed by atoms with Crippen molar-refractivity contribution in [1.82, 2.24) is 18.7 Å². The van der Waals surface area contributed by atoms with E-state index in [1.54, 1.807) is 18.7 Å². The van der Waals surface area contributed by atoms with E-state index in [4.69, 9.17) is 20.9 Å². The summed E-state index contributed by atoms with van der Waals surface area (Å²) in [7, 11) is 0. The van der Waals surface area contributed by atoms with Crippen LogP contribution in [0.5, 0.6) is 11.8 Å². The van der Waals surface area contributed by atoms with Gasteiger partial charge in [0, 0.05) is 39.5 Å². The number of halogens is 7. The summed E-state index contributed by atoms with van der Waals surface area (Å²) < 4.78 is 93.4. The minimum Gasteiger partial charge on any atom is -0.493 e. The third-order valence-corrected chi connectivity index (χ3v) is 11.8. The molecule has 0 bridgehead atoms. The Balaban J connectivity index is 0.000000213. The normalized spacial score (nSPS) is 15.8. The minimum atomic E-state index is -4.50. The number of hydrogen-bond donors (Lipinski definition) is 1. The van der Waals surface area contributed by atoms with Crippen molar-refractivity contribution in [3.63, 3.8) is 0 Å². The van der Waals surface area contributed by atoms with Crippen LogP contribution in [-0.4, -0.2) is 62.7 Å². The lowest BCUT2D eigenvalue weighted by molar-refractivity contribution is -0.201. The lowest BCUT2D eigenvalue weighted by Crippen LogP contribution is -2.18. The molecule has 2 aromatic carbocycles. The number of nitrogens with zero attached hydrogens (tertiary/aromatic N) is 4. The van der Waals surface area contributed by atoms with Gasteiger partial charge < -0.3 is 14.2 Å². The summed E-state index contributed by atoms with van der Waals surface area (Å²) in [5.41, 5.74) is 5.61. The standard InChI is InChI=1S/C18H22F3N2O3PS.C15H18N2O2.C3H6ClF3OPS/c1-11-8-12(2)14(13(3)9-11)15-16(24)22-6-5-7-23(22)17(15)26-27(4,28)25-10-18(19,20)21;1-9-7-10(2)12(11(3)8-9)13-14(18)16-5-4-6-17(16)15(13)19;1-9(4,10)8-2-3(5,6)7/h8-9H,5-7,10H2,1-4H3;7-8,18H,4-6H2,1-3H3;4H,2H2,1H3/q;;+1. The van der Waals surface area contributed by atoms with Gasteiger partial charge in [-0.25, -0.2) is 9.36 Å². The second kappa shape index (κ2) is 17.8. The maximum atomic E-state index is 13.1. The summed E-state index contributed by atoms with van der Waals surface area (Å²) in [5, 5.41) is 10.3. The highest BCUT2D eigenvalue weighted by Gasteiger charge is 2.35. The Bertz CT molecular complexity index is 2320. The number of rotatable bonds is 8. The molecule has 4 heterocycles. The lowest BCUT2D eigenvalue weighted by atomic mass is 9.95. The predicted molar refractivity (Wildman–Crippen MR) is 214 cm³/mol. The van der Waals surface area contributed by atoms with Crippen LogP contribution in [0, 0.1) is 52.8 Å². The lowest BCUT2D eigenvalue weighted by Gasteiger charge is -2.21. The molecule has 2 unspecified atom stereocenters. The van der Waals surface area contributed by atoms with Crippen LogP contribution < -0.4 is 15.6 Å². The van der Waals surface area contributed by atoms with Crippen LogP contribution in [0.4, 0.5) is 26.3 Å². The Morgan fingerprint density at radius 2 is 1.02 bits per heavy atom. The van der Waals surface area contributed by atoms with E-state index in [1.165, 1.54) is 18.9 Å². The zero-order chi connectivity index (χ0) is 43.0. The zero-order valence-electron chi connectivity index (χ0n) is 32.6. The van der Waals surface area contributed by atoms with Gasteiger partial charge in [0.15, 0.2) is 24.5 Å². The second-order valence-electron chi connectivity index (χ2n) is 14.1. The van der Waals surface area contributed by atoms with Crippen LogP contribution in [-0.2, 0) is 58.8 Å². The number of aromatic hydroxyl groups is 1. The molecule has 2 aliphatic rings. The molecule has 57 heavy (non-hydrogen) atoms. The molecule has 10 nitrogen and oxygen atoms in total. The maximum absolute atomic E-state index is 13.1. The summed E-state index contributed by atoms with van der Waals surface area (Å²) >= 11 is 14.1. The fraction of sp³-hybridized carbons (Fsp3) is 0.500. The molecule has 0 aliphatic carbocycles. The first kappa shape index (κ1) is 46.8. The quantitative estimate of drug-likeness (QED) is 0.139. The fourth-order valence-electron chi connectivity index (χ4n) is 7.02. The first-order valence-corrected chi connectivity index (χ1v) is 24.9. The molecule has 0 fully saturated rings. The van der Waals surface area contributed by atoms with Crippen molar-refractivity contribution in [2.24, 2.45) is 0 Å². The fourth-order valence-corrected chi connectivity index (χ4v) is 9.02. The summed E-state index contributed by atoms with van der Waals surface area (Å²) in [5.74, 6) is 0.308. The van der Waals surface area contributed by atoms with Crippen LogP contribution in [0.3, 0.4) is 0 Å². The van der Waals surface area contributed by atoms with Gasteiger partial charge in [-0.1, -0.05) is 35.4 Å². The number of hydrogen-bond acceptors (Lipinski definition) is 8. The summed E-state index contributed by atoms with van der Waals surface area (Å²) in [6.07, 6.45) is -7.17. The average Bonchev–Trinajstić information content (AvgIpc) is 3.83. The van der Waals surface area contributed by atoms with Crippen LogP contribution in [0.2, 0.25) is 0 Å². The van der Waals surface area contributed by atoms with E-state index in [2.05, 4.69) is 39.7 Å². The molecule has 0 spiro atoms. The molecule has 0 amide bonds. The highest BCUT2D eigenvalue weighted by molar-refractivity contribution is 8.09. The number of alkyl halides is 6. The molecule has 2 aliphatic heterocycles. The van der Waals surface area contributed by atoms with Gasteiger partial charge in [-0.3, -0.25) is 23.5 Å². The maximum Gasteiger partial charge on any atom is 0.412 e. The van der Waals surface area contributed by atoms with Crippen molar-refractivity contribution in [3.05, 3.63) is 78.4 Å². The molecular formula is C36H46ClF6N4O6P2S2+. The minimum absolute atomic E-state index is 0.0787. The van der Waals surface area contributed by atoms with Crippen molar-refractivity contribution >= 4 is 35.7 Å². The Kier molecular flexibility index (Phi) is 14.6. The Morgan fingerprint density at radius 3 is 1.42 bits per heavy atom. The Morgan fingerprint density at radius 1 is 0.649 bits per heavy atom. The van der Waals surface area contributed by atoms with Crippen LogP contribution in [0.25, 0.3) is 22.3 Å². The SMILES string of the molecule is CP(=S)([ClH+])OCC(F)(F)F.Cc1cc(C)c(-c2c(O)n3n(c2=O)CCC3)c(C)c1.Cc1cc(C)c(-c2c(OP(C)(=S)OCC(F)(F)F)n3n(c2=O)CCC3)c(C)c1. The summed E-state index contributed by atoms with van der Waals surface area (Å²) in [6.45, 7) is 10.8. The van der Waals surface area contributed by atoms with E-state index in [-0.39, 0.29) is 22.9 Å². The van der Waals surface area contributed by atoms with Gasteiger partial charge in [0.1, 0.15) is 11.1 Å². The molecule has 6 rings (SSSR count). The van der Waals surface area contributed by atoms with E-state index in [0.29, 0.717) is 37.3 Å². The van der Waals surface area contributed by atoms with Crippen molar-refractivity contribution < 1.29 is 56.3 Å². The number of aryl methyl sites for hydroxylation is 6. The Labute approximate surface area is 341 Å². The first-order valence-electron chi connectivity index (χ1n) is 17.6. The van der Waals surface area contributed by atoms with Gasteiger partial charge in [0.05, 0.1) is 0 Å². The predicted octanol–water partition coefficient (Wildman–Crippen LogP) is 8.68. The summed E-state index contributed by atoms with van der Waals surface area (Å²) in [6, 6.07) is 8.02. The van der Waals surface area contributed by atoms with Crippen molar-refractivity contribution in [2.45, 2.75) is 92.9 Å². The van der Waals surface area contributed by atoms with E-state index in [1.807, 2.05) is 53.7 Å². The van der Waals surface area contributed by atoms with Gasteiger partial charge in [-0.05, 0) is 111 Å². The van der Waals surface area contributed by atoms with Crippen LogP contribution in [0.15, 0.2) is 33.9 Å². The van der Waals surface area contributed by atoms with Crippen LogP contribution in [0.1, 0.15) is 46.2 Å². The van der Waals surface area contributed by atoms with Gasteiger partial charge in [0.2, 0.25) is 18.3 Å². The number of benzene rings is 2. The molecular weight excluding hydrogens is 860 g/mol. The molecule has 1 N–H and O–H groups in total. The number of aromatic nitrogens is 4. The smallest absolute Gasteiger partial charge is 0.412 e. The van der Waals surface area contributed by atoms with Crippen molar-refractivity contribution in [3.8, 4) is 34.0 Å². The van der Waals surface area contributed by atoms with Crippen molar-refractivity contribution in [1.29, 1.82) is 0 Å².